The number of rotatable bonds is 1. The summed E-state index contributed by atoms with van der Waals surface area (Å²) in [5.74, 6) is -0.0404. The molecule has 1 aromatic carbocycles. The monoisotopic (exact) mass is 264 g/mol. The number of hydrogen-bond acceptors (Lipinski definition) is 5. The van der Waals surface area contributed by atoms with Crippen LogP contribution >= 0.6 is 0 Å². The topological polar surface area (TPSA) is 82.0 Å². The van der Waals surface area contributed by atoms with Crippen molar-refractivity contribution in [2.75, 3.05) is 19.0 Å². The number of ether oxygens (including phenoxy) is 1. The van der Waals surface area contributed by atoms with E-state index in [4.69, 9.17) is 4.74 Å². The zero-order valence-corrected chi connectivity index (χ0v) is 10.6. The number of nitrogens with one attached hydrogen (secondary N) is 1. The van der Waals surface area contributed by atoms with E-state index in [0.717, 1.165) is 12.8 Å². The van der Waals surface area contributed by atoms with Gasteiger partial charge < -0.3 is 25.2 Å². The lowest BCUT2D eigenvalue weighted by Crippen LogP contribution is -2.43. The largest absolute Gasteiger partial charge is 0.503 e. The van der Waals surface area contributed by atoms with Crippen molar-refractivity contribution in [1.29, 1.82) is 0 Å². The Morgan fingerprint density at radius 3 is 3.00 bits per heavy atom. The van der Waals surface area contributed by atoms with Crippen LogP contribution in [0.5, 0.6) is 11.5 Å². The van der Waals surface area contributed by atoms with Gasteiger partial charge in [0.15, 0.2) is 11.5 Å². The van der Waals surface area contributed by atoms with Gasteiger partial charge in [0.1, 0.15) is 6.23 Å². The minimum absolute atomic E-state index is 0.145. The molecule has 102 valence electrons. The molecule has 6 nitrogen and oxygen atoms in total. The normalized spacial score (nSPS) is 25.4. The van der Waals surface area contributed by atoms with Gasteiger partial charge in [0.05, 0.1) is 24.4 Å². The molecule has 2 unspecified atom stereocenters. The van der Waals surface area contributed by atoms with Crippen molar-refractivity contribution in [3.8, 4) is 11.5 Å². The van der Waals surface area contributed by atoms with Crippen molar-refractivity contribution < 1.29 is 19.7 Å². The molecule has 3 N–H and O–H groups in total. The number of aliphatic hydroxyl groups excluding tert-OH is 1. The summed E-state index contributed by atoms with van der Waals surface area (Å²) in [5, 5.41) is 23.1. The second kappa shape index (κ2) is 4.31. The molecule has 0 aliphatic carbocycles. The van der Waals surface area contributed by atoms with Gasteiger partial charge in [-0.25, -0.2) is 0 Å². The minimum atomic E-state index is -0.884. The number of aliphatic hydroxyl groups is 1. The van der Waals surface area contributed by atoms with E-state index in [2.05, 4.69) is 5.32 Å². The van der Waals surface area contributed by atoms with Crippen LogP contribution < -0.4 is 10.1 Å². The quantitative estimate of drug-likeness (QED) is 0.652. The highest BCUT2D eigenvalue weighted by atomic mass is 16.5. The molecule has 0 bridgehead atoms. The van der Waals surface area contributed by atoms with Gasteiger partial charge in [-0.2, -0.15) is 0 Å². The van der Waals surface area contributed by atoms with Gasteiger partial charge >= 0.3 is 0 Å². The lowest BCUT2D eigenvalue weighted by molar-refractivity contribution is 0.0581. The Hall–Kier alpha value is -1.95. The van der Waals surface area contributed by atoms with E-state index < -0.39 is 6.23 Å². The average molecular weight is 264 g/mol. The predicted octanol–water partition coefficient (Wildman–Crippen LogP) is 0.749. The van der Waals surface area contributed by atoms with Crippen molar-refractivity contribution in [2.45, 2.75) is 25.1 Å². The van der Waals surface area contributed by atoms with Crippen molar-refractivity contribution in [3.63, 3.8) is 0 Å². The smallest absolute Gasteiger partial charge is 0.256 e. The van der Waals surface area contributed by atoms with Crippen molar-refractivity contribution in [2.24, 2.45) is 0 Å². The molecular weight excluding hydrogens is 248 g/mol. The van der Waals surface area contributed by atoms with Crippen LogP contribution in [0, 0.1) is 0 Å². The number of hydrogen-bond donors (Lipinski definition) is 3. The highest BCUT2D eigenvalue weighted by Gasteiger charge is 2.39. The number of nitrogens with zero attached hydrogens (tertiary/aromatic N) is 1. The molecule has 0 saturated carbocycles. The summed E-state index contributed by atoms with van der Waals surface area (Å²) in [6.45, 7) is 0.633. The second-order valence-corrected chi connectivity index (χ2v) is 4.84. The second-order valence-electron chi connectivity index (χ2n) is 4.84. The fraction of sp³-hybridized carbons (Fsp3) is 0.462. The van der Waals surface area contributed by atoms with Crippen LogP contribution in [0.3, 0.4) is 0 Å². The Morgan fingerprint density at radius 2 is 2.26 bits per heavy atom. The van der Waals surface area contributed by atoms with E-state index in [0.29, 0.717) is 12.1 Å². The number of benzene rings is 1. The first-order valence-corrected chi connectivity index (χ1v) is 6.29. The van der Waals surface area contributed by atoms with Crippen LogP contribution in [-0.4, -0.2) is 46.9 Å². The number of carbonyl (C=O) groups is 1. The first-order valence-electron chi connectivity index (χ1n) is 6.29. The molecule has 0 spiro atoms. The Bertz CT molecular complexity index is 532. The lowest BCUT2D eigenvalue weighted by Gasteiger charge is -2.25. The van der Waals surface area contributed by atoms with Crippen molar-refractivity contribution >= 4 is 11.6 Å². The first kappa shape index (κ1) is 12.1. The molecule has 1 amide bonds. The van der Waals surface area contributed by atoms with Crippen LogP contribution in [0.2, 0.25) is 0 Å². The summed E-state index contributed by atoms with van der Waals surface area (Å²) in [5.41, 5.74) is 0.605. The van der Waals surface area contributed by atoms with Gasteiger partial charge in [0.25, 0.3) is 5.91 Å². The third-order valence-electron chi connectivity index (χ3n) is 3.81. The molecule has 19 heavy (non-hydrogen) atoms. The maximum absolute atomic E-state index is 12.4. The molecule has 2 aliphatic heterocycles. The fourth-order valence-electron chi connectivity index (χ4n) is 2.83. The molecule has 1 aromatic rings. The van der Waals surface area contributed by atoms with E-state index in [-0.39, 0.29) is 29.1 Å². The molecule has 0 aromatic heterocycles. The third-order valence-corrected chi connectivity index (χ3v) is 3.81. The highest BCUT2D eigenvalue weighted by molar-refractivity contribution is 6.02. The number of methoxy groups -OCH3 is 1. The Balaban J connectivity index is 2.12. The van der Waals surface area contributed by atoms with Crippen LogP contribution in [0.25, 0.3) is 0 Å². The zero-order chi connectivity index (χ0) is 13.6. The van der Waals surface area contributed by atoms with Gasteiger partial charge in [-0.15, -0.1) is 0 Å². The van der Waals surface area contributed by atoms with E-state index in [1.165, 1.54) is 7.11 Å². The van der Waals surface area contributed by atoms with Gasteiger partial charge in [-0.3, -0.25) is 4.79 Å². The molecule has 1 fully saturated rings. The van der Waals surface area contributed by atoms with E-state index in [9.17, 15) is 15.0 Å². The fourth-order valence-corrected chi connectivity index (χ4v) is 2.83. The maximum atomic E-state index is 12.4. The van der Waals surface area contributed by atoms with Crippen LogP contribution in [0.1, 0.15) is 23.2 Å². The summed E-state index contributed by atoms with van der Waals surface area (Å²) < 4.78 is 5.02. The van der Waals surface area contributed by atoms with Gasteiger partial charge in [0, 0.05) is 6.54 Å². The van der Waals surface area contributed by atoms with Gasteiger partial charge in [0.2, 0.25) is 0 Å². The predicted molar refractivity (Wildman–Crippen MR) is 68.3 cm³/mol. The number of phenolic OH excluding ortho intramolecular Hbond substituents is 1. The zero-order valence-electron chi connectivity index (χ0n) is 10.6. The molecule has 6 heteroatoms. The summed E-state index contributed by atoms with van der Waals surface area (Å²) >= 11 is 0. The SMILES string of the molecule is COc1ccc2c(c1O)NC(O)C1CCCN1C2=O. The highest BCUT2D eigenvalue weighted by Crippen LogP contribution is 2.40. The Morgan fingerprint density at radius 1 is 1.47 bits per heavy atom. The van der Waals surface area contributed by atoms with Crippen molar-refractivity contribution in [1.82, 2.24) is 4.90 Å². The third kappa shape index (κ3) is 1.71. The number of carbonyl (C=O) groups excluding carboxylic acids is 1. The van der Waals surface area contributed by atoms with E-state index in [1.807, 2.05) is 0 Å². The van der Waals surface area contributed by atoms with Gasteiger partial charge in [-0.05, 0) is 25.0 Å². The number of phenols is 1. The molecule has 2 aliphatic rings. The Labute approximate surface area is 110 Å². The number of amides is 1. The van der Waals surface area contributed by atoms with Crippen molar-refractivity contribution in [3.05, 3.63) is 17.7 Å². The minimum Gasteiger partial charge on any atom is -0.503 e. The number of aromatic hydroxyl groups is 1. The van der Waals surface area contributed by atoms with Gasteiger partial charge in [-0.1, -0.05) is 0 Å². The maximum Gasteiger partial charge on any atom is 0.256 e. The number of anilines is 1. The molecule has 2 heterocycles. The molecule has 1 saturated heterocycles. The first-order chi connectivity index (χ1) is 9.13. The summed E-state index contributed by atoms with van der Waals surface area (Å²) in [6, 6.07) is 2.91. The Kier molecular flexibility index (Phi) is 2.74. The molecule has 0 radical (unpaired) electrons. The average Bonchev–Trinajstić information content (AvgIpc) is 2.86. The van der Waals surface area contributed by atoms with E-state index in [1.54, 1.807) is 17.0 Å². The lowest BCUT2D eigenvalue weighted by atomic mass is 10.1. The summed E-state index contributed by atoms with van der Waals surface area (Å²) in [7, 11) is 1.44. The standard InChI is InChI=1S/C13H16N2O4/c1-19-9-5-4-7-10(11(9)16)14-12(17)8-3-2-6-15(8)13(7)18/h4-5,8,12,14,16-17H,2-3,6H2,1H3. The number of fused-ring (bicyclic) bond motifs is 2. The van der Waals surface area contributed by atoms with Crippen LogP contribution in [0.15, 0.2) is 12.1 Å². The van der Waals surface area contributed by atoms with Crippen LogP contribution in [0.4, 0.5) is 5.69 Å². The van der Waals surface area contributed by atoms with Crippen LogP contribution in [-0.2, 0) is 0 Å². The molecular formula is C13H16N2O4. The summed E-state index contributed by atoms with van der Waals surface area (Å²) in [4.78, 5) is 14.1. The molecule has 3 rings (SSSR count). The molecule has 2 atom stereocenters. The summed E-state index contributed by atoms with van der Waals surface area (Å²) in [6.07, 6.45) is 0.754. The van der Waals surface area contributed by atoms with E-state index >= 15 is 0 Å².